The second kappa shape index (κ2) is 9.54. The Bertz CT molecular complexity index is 1180. The Labute approximate surface area is 193 Å². The van der Waals surface area contributed by atoms with Gasteiger partial charge >= 0.3 is 12.2 Å². The zero-order valence-electron chi connectivity index (χ0n) is 18.0. The van der Waals surface area contributed by atoms with E-state index in [9.17, 15) is 27.2 Å². The van der Waals surface area contributed by atoms with E-state index in [4.69, 9.17) is 0 Å². The summed E-state index contributed by atoms with van der Waals surface area (Å²) in [5.41, 5.74) is 0.866. The molecule has 1 saturated heterocycles. The van der Waals surface area contributed by atoms with Gasteiger partial charge in [-0.25, -0.2) is 9.18 Å². The Balaban J connectivity index is 1.41. The predicted molar refractivity (Wildman–Crippen MR) is 120 cm³/mol. The van der Waals surface area contributed by atoms with Crippen LogP contribution in [0.2, 0.25) is 0 Å². The molecule has 34 heavy (non-hydrogen) atoms. The summed E-state index contributed by atoms with van der Waals surface area (Å²) in [7, 11) is 0. The number of benzene rings is 3. The van der Waals surface area contributed by atoms with E-state index in [0.717, 1.165) is 12.1 Å². The summed E-state index contributed by atoms with van der Waals surface area (Å²) < 4.78 is 52.1. The van der Waals surface area contributed by atoms with Gasteiger partial charge in [0.1, 0.15) is 5.82 Å². The lowest BCUT2D eigenvalue weighted by atomic mass is 10.1. The number of rotatable bonds is 5. The average molecular weight is 471 g/mol. The molecule has 1 aliphatic rings. The number of hydrogen-bond acceptors (Lipinski definition) is 2. The number of urea groups is 1. The number of alkyl halides is 3. The van der Waals surface area contributed by atoms with Crippen LogP contribution in [-0.2, 0) is 12.7 Å². The number of nitrogens with zero attached hydrogens (tertiary/aromatic N) is 2. The molecule has 1 N–H and O–H groups in total. The van der Waals surface area contributed by atoms with Crippen LogP contribution in [0, 0.1) is 5.82 Å². The number of carbonyl (C=O) groups excluding carboxylic acids is 2. The number of halogens is 4. The van der Waals surface area contributed by atoms with Crippen molar-refractivity contribution >= 4 is 23.3 Å². The zero-order valence-corrected chi connectivity index (χ0v) is 18.0. The SMILES string of the molecule is O=C(Nc1ccc(N2CCCN(Cc3ccc(C(F)(F)F)cc3)C2=O)cc1)c1ccccc1F. The highest BCUT2D eigenvalue weighted by Gasteiger charge is 2.31. The van der Waals surface area contributed by atoms with Gasteiger partial charge in [-0.2, -0.15) is 13.2 Å². The first kappa shape index (κ1) is 23.3. The van der Waals surface area contributed by atoms with Gasteiger partial charge < -0.3 is 10.2 Å². The summed E-state index contributed by atoms with van der Waals surface area (Å²) in [5.74, 6) is -1.20. The lowest BCUT2D eigenvalue weighted by Crippen LogP contribution is -2.49. The van der Waals surface area contributed by atoms with Gasteiger partial charge in [-0.3, -0.25) is 9.69 Å². The van der Waals surface area contributed by atoms with Crippen molar-refractivity contribution in [1.82, 2.24) is 4.90 Å². The molecular weight excluding hydrogens is 450 g/mol. The molecule has 0 aromatic heterocycles. The Morgan fingerprint density at radius 3 is 2.24 bits per heavy atom. The summed E-state index contributed by atoms with van der Waals surface area (Å²) in [4.78, 5) is 28.4. The van der Waals surface area contributed by atoms with E-state index in [-0.39, 0.29) is 18.1 Å². The molecule has 0 aliphatic carbocycles. The first-order chi connectivity index (χ1) is 16.2. The number of anilines is 2. The molecule has 3 aromatic carbocycles. The molecule has 9 heteroatoms. The maximum atomic E-state index is 13.8. The van der Waals surface area contributed by atoms with Gasteiger partial charge in [0, 0.05) is 31.0 Å². The van der Waals surface area contributed by atoms with E-state index in [1.165, 1.54) is 30.3 Å². The second-order valence-corrected chi connectivity index (χ2v) is 7.88. The van der Waals surface area contributed by atoms with E-state index in [1.54, 1.807) is 40.1 Å². The minimum Gasteiger partial charge on any atom is -0.322 e. The van der Waals surface area contributed by atoms with Crippen LogP contribution in [0.15, 0.2) is 72.8 Å². The smallest absolute Gasteiger partial charge is 0.322 e. The van der Waals surface area contributed by atoms with Crippen molar-refractivity contribution in [3.8, 4) is 0 Å². The van der Waals surface area contributed by atoms with Crippen LogP contribution >= 0.6 is 0 Å². The van der Waals surface area contributed by atoms with Gasteiger partial charge in [-0.1, -0.05) is 24.3 Å². The van der Waals surface area contributed by atoms with Crippen LogP contribution < -0.4 is 10.2 Å². The van der Waals surface area contributed by atoms with Crippen molar-refractivity contribution in [3.63, 3.8) is 0 Å². The minimum absolute atomic E-state index is 0.0725. The summed E-state index contributed by atoms with van der Waals surface area (Å²) in [5, 5.41) is 2.62. The normalized spacial score (nSPS) is 14.3. The molecule has 176 valence electrons. The van der Waals surface area contributed by atoms with Gasteiger partial charge in [0.2, 0.25) is 0 Å². The first-order valence-electron chi connectivity index (χ1n) is 10.6. The third-order valence-electron chi connectivity index (χ3n) is 5.52. The molecule has 1 fully saturated rings. The number of nitrogens with one attached hydrogen (secondary N) is 1. The van der Waals surface area contributed by atoms with Crippen LogP contribution in [0.4, 0.5) is 33.7 Å². The molecule has 0 spiro atoms. The molecule has 1 heterocycles. The molecule has 0 bridgehead atoms. The van der Waals surface area contributed by atoms with Crippen molar-refractivity contribution in [3.05, 3.63) is 95.3 Å². The maximum Gasteiger partial charge on any atom is 0.416 e. The number of carbonyl (C=O) groups is 2. The van der Waals surface area contributed by atoms with Gasteiger partial charge in [-0.05, 0) is 60.5 Å². The van der Waals surface area contributed by atoms with E-state index < -0.39 is 23.5 Å². The van der Waals surface area contributed by atoms with Crippen LogP contribution in [0.3, 0.4) is 0 Å². The standard InChI is InChI=1S/C25H21F4N3O2/c26-22-5-2-1-4-21(22)23(33)30-19-10-12-20(13-11-19)32-15-3-14-31(24(32)34)16-17-6-8-18(9-7-17)25(27,28)29/h1-2,4-13H,3,14-16H2,(H,30,33). The third kappa shape index (κ3) is 5.19. The average Bonchev–Trinajstić information content (AvgIpc) is 2.81. The predicted octanol–water partition coefficient (Wildman–Crippen LogP) is 5.93. The summed E-state index contributed by atoms with van der Waals surface area (Å²) in [6, 6.07) is 16.8. The summed E-state index contributed by atoms with van der Waals surface area (Å²) >= 11 is 0. The van der Waals surface area contributed by atoms with Crippen LogP contribution in [-0.4, -0.2) is 29.9 Å². The third-order valence-corrected chi connectivity index (χ3v) is 5.52. The molecule has 3 aromatic rings. The molecular formula is C25H21F4N3O2. The van der Waals surface area contributed by atoms with Gasteiger partial charge in [0.15, 0.2) is 0 Å². The van der Waals surface area contributed by atoms with Gasteiger partial charge in [0.25, 0.3) is 5.91 Å². The van der Waals surface area contributed by atoms with E-state index in [1.807, 2.05) is 0 Å². The summed E-state index contributed by atoms with van der Waals surface area (Å²) in [6.07, 6.45) is -3.71. The second-order valence-electron chi connectivity index (χ2n) is 7.88. The van der Waals surface area contributed by atoms with E-state index >= 15 is 0 Å². The Morgan fingerprint density at radius 2 is 1.59 bits per heavy atom. The molecule has 0 saturated carbocycles. The summed E-state index contributed by atoms with van der Waals surface area (Å²) in [6.45, 7) is 1.18. The molecule has 4 rings (SSSR count). The van der Waals surface area contributed by atoms with Gasteiger partial charge in [-0.15, -0.1) is 0 Å². The fourth-order valence-corrected chi connectivity index (χ4v) is 3.76. The van der Waals surface area contributed by atoms with Crippen molar-refractivity contribution in [1.29, 1.82) is 0 Å². The van der Waals surface area contributed by atoms with E-state index in [2.05, 4.69) is 5.32 Å². The molecule has 5 nitrogen and oxygen atoms in total. The zero-order chi connectivity index (χ0) is 24.3. The number of amides is 3. The lowest BCUT2D eigenvalue weighted by Gasteiger charge is -2.35. The van der Waals surface area contributed by atoms with Crippen LogP contribution in [0.25, 0.3) is 0 Å². The van der Waals surface area contributed by atoms with Gasteiger partial charge in [0.05, 0.1) is 11.1 Å². The molecule has 0 atom stereocenters. The highest BCUT2D eigenvalue weighted by atomic mass is 19.4. The number of hydrogen-bond donors (Lipinski definition) is 1. The highest BCUT2D eigenvalue weighted by Crippen LogP contribution is 2.29. The van der Waals surface area contributed by atoms with Crippen molar-refractivity contribution in [2.24, 2.45) is 0 Å². The maximum absolute atomic E-state index is 13.8. The topological polar surface area (TPSA) is 52.7 Å². The fraction of sp³-hybridized carbons (Fsp3) is 0.200. The molecule has 0 unspecified atom stereocenters. The van der Waals surface area contributed by atoms with Crippen molar-refractivity contribution < 1.29 is 27.2 Å². The molecule has 0 radical (unpaired) electrons. The molecule has 3 amide bonds. The minimum atomic E-state index is -4.41. The highest BCUT2D eigenvalue weighted by molar-refractivity contribution is 6.04. The Hall–Kier alpha value is -3.88. The lowest BCUT2D eigenvalue weighted by molar-refractivity contribution is -0.137. The quantitative estimate of drug-likeness (QED) is 0.469. The largest absolute Gasteiger partial charge is 0.416 e. The first-order valence-corrected chi connectivity index (χ1v) is 10.6. The van der Waals surface area contributed by atoms with Crippen molar-refractivity contribution in [2.45, 2.75) is 19.1 Å². The van der Waals surface area contributed by atoms with Crippen LogP contribution in [0.1, 0.15) is 27.9 Å². The van der Waals surface area contributed by atoms with Crippen LogP contribution in [0.5, 0.6) is 0 Å². The van der Waals surface area contributed by atoms with Crippen molar-refractivity contribution in [2.75, 3.05) is 23.3 Å². The molecule has 1 aliphatic heterocycles. The van der Waals surface area contributed by atoms with E-state index in [0.29, 0.717) is 36.4 Å². The Morgan fingerprint density at radius 1 is 0.912 bits per heavy atom. The Kier molecular flexibility index (Phi) is 6.54. The monoisotopic (exact) mass is 471 g/mol. The fourth-order valence-electron chi connectivity index (χ4n) is 3.76.